The maximum absolute atomic E-state index is 4.34. The summed E-state index contributed by atoms with van der Waals surface area (Å²) in [6, 6.07) is 4.42. The summed E-state index contributed by atoms with van der Waals surface area (Å²) < 4.78 is 0. The van der Waals surface area contributed by atoms with E-state index in [1.165, 1.54) is 16.7 Å². The van der Waals surface area contributed by atoms with Crippen LogP contribution in [0.2, 0.25) is 0 Å². The Morgan fingerprint density at radius 1 is 1.10 bits per heavy atom. The van der Waals surface area contributed by atoms with E-state index < -0.39 is 0 Å². The van der Waals surface area contributed by atoms with Gasteiger partial charge in [0.1, 0.15) is 0 Å². The van der Waals surface area contributed by atoms with E-state index in [9.17, 15) is 0 Å². The molecule has 0 spiro atoms. The van der Waals surface area contributed by atoms with Crippen molar-refractivity contribution in [3.8, 4) is 0 Å². The van der Waals surface area contributed by atoms with Gasteiger partial charge >= 0.3 is 0 Å². The molecule has 0 bridgehead atoms. The fraction of sp³-hybridized carbons (Fsp3) is 0.438. The van der Waals surface area contributed by atoms with Crippen molar-refractivity contribution >= 4 is 0 Å². The lowest BCUT2D eigenvalue weighted by Gasteiger charge is -2.21. The minimum Gasteiger partial charge on any atom is -0.306 e. The highest BCUT2D eigenvalue weighted by Crippen LogP contribution is 2.25. The Bertz CT molecular complexity index is 580. The lowest BCUT2D eigenvalue weighted by molar-refractivity contribution is 0.614. The maximum Gasteiger partial charge on any atom is 0.0679 e. The largest absolute Gasteiger partial charge is 0.306 e. The molecule has 0 aliphatic rings. The molecule has 0 amide bonds. The van der Waals surface area contributed by atoms with E-state index in [4.69, 9.17) is 0 Å². The third kappa shape index (κ3) is 3.20. The number of hydrogen-bond donors (Lipinski definition) is 1. The normalized spacial score (nSPS) is 12.4. The van der Waals surface area contributed by atoms with Crippen molar-refractivity contribution in [2.75, 3.05) is 6.54 Å². The predicted octanol–water partition coefficient (Wildman–Crippen LogP) is 2.75. The van der Waals surface area contributed by atoms with E-state index in [1.54, 1.807) is 0 Å². The van der Waals surface area contributed by atoms with Gasteiger partial charge in [0.15, 0.2) is 0 Å². The Morgan fingerprint density at radius 3 is 2.55 bits per heavy atom. The zero-order valence-electron chi connectivity index (χ0n) is 12.6. The molecule has 1 atom stereocenters. The molecule has 106 valence electrons. The molecule has 0 aliphatic carbocycles. The first-order valence-electron chi connectivity index (χ1n) is 7.13. The zero-order valence-corrected chi connectivity index (χ0v) is 12.6. The van der Waals surface area contributed by atoms with Crippen LogP contribution in [-0.2, 0) is 6.42 Å². The van der Waals surface area contributed by atoms with Gasteiger partial charge in [-0.1, -0.05) is 19.9 Å². The van der Waals surface area contributed by atoms with E-state index in [1.807, 2.05) is 19.3 Å². The maximum atomic E-state index is 4.34. The van der Waals surface area contributed by atoms with Gasteiger partial charge in [-0.05, 0) is 49.6 Å². The molecule has 1 unspecified atom stereocenters. The molecular formula is C16H22N4. The summed E-state index contributed by atoms with van der Waals surface area (Å²) >= 11 is 0. The van der Waals surface area contributed by atoms with Crippen LogP contribution in [-0.4, -0.2) is 21.7 Å². The van der Waals surface area contributed by atoms with Gasteiger partial charge < -0.3 is 5.32 Å². The van der Waals surface area contributed by atoms with Crippen molar-refractivity contribution < 1.29 is 0 Å². The van der Waals surface area contributed by atoms with Crippen LogP contribution in [0.15, 0.2) is 24.5 Å². The van der Waals surface area contributed by atoms with Gasteiger partial charge in [-0.15, -0.1) is 0 Å². The zero-order chi connectivity index (χ0) is 14.5. The van der Waals surface area contributed by atoms with Crippen molar-refractivity contribution in [1.29, 1.82) is 0 Å². The van der Waals surface area contributed by atoms with Gasteiger partial charge in [0.2, 0.25) is 0 Å². The quantitative estimate of drug-likeness (QED) is 0.907. The molecule has 1 N–H and O–H groups in total. The van der Waals surface area contributed by atoms with Crippen LogP contribution in [0, 0.1) is 13.8 Å². The molecule has 2 aromatic heterocycles. The molecule has 20 heavy (non-hydrogen) atoms. The van der Waals surface area contributed by atoms with Crippen LogP contribution in [0.3, 0.4) is 0 Å². The molecule has 0 fully saturated rings. The second-order valence-corrected chi connectivity index (χ2v) is 5.03. The average molecular weight is 270 g/mol. The number of nitrogens with zero attached hydrogens (tertiary/aromatic N) is 3. The fourth-order valence-corrected chi connectivity index (χ4v) is 2.41. The van der Waals surface area contributed by atoms with Crippen LogP contribution in [0.5, 0.6) is 0 Å². The summed E-state index contributed by atoms with van der Waals surface area (Å²) in [7, 11) is 0. The molecule has 4 heteroatoms. The molecule has 2 rings (SSSR count). The molecule has 2 heterocycles. The number of aromatic nitrogens is 3. The number of pyridine rings is 1. The van der Waals surface area contributed by atoms with E-state index in [2.05, 4.69) is 53.4 Å². The second-order valence-electron chi connectivity index (χ2n) is 5.03. The highest BCUT2D eigenvalue weighted by Gasteiger charge is 2.18. The number of hydrogen-bond acceptors (Lipinski definition) is 4. The number of nitrogens with one attached hydrogen (secondary N) is 1. The first-order chi connectivity index (χ1) is 9.65. The number of rotatable bonds is 5. The molecule has 0 aliphatic heterocycles. The van der Waals surface area contributed by atoms with Crippen LogP contribution in [0.25, 0.3) is 0 Å². The molecule has 0 radical (unpaired) electrons. The molecular weight excluding hydrogens is 248 g/mol. The third-order valence-electron chi connectivity index (χ3n) is 3.31. The first-order valence-corrected chi connectivity index (χ1v) is 7.13. The van der Waals surface area contributed by atoms with E-state index in [-0.39, 0.29) is 6.04 Å². The van der Waals surface area contributed by atoms with E-state index in [0.29, 0.717) is 0 Å². The Balaban J connectivity index is 2.50. The smallest absolute Gasteiger partial charge is 0.0679 e. The minimum atomic E-state index is 0.122. The van der Waals surface area contributed by atoms with Gasteiger partial charge in [-0.3, -0.25) is 4.98 Å². The first kappa shape index (κ1) is 14.6. The van der Waals surface area contributed by atoms with Crippen molar-refractivity contribution in [2.24, 2.45) is 0 Å². The summed E-state index contributed by atoms with van der Waals surface area (Å²) in [6.45, 7) is 9.16. The Labute approximate surface area is 120 Å². The Morgan fingerprint density at radius 2 is 1.90 bits per heavy atom. The van der Waals surface area contributed by atoms with Crippen LogP contribution >= 0.6 is 0 Å². The molecule has 4 nitrogen and oxygen atoms in total. The van der Waals surface area contributed by atoms with Crippen molar-refractivity contribution in [3.05, 3.63) is 52.6 Å². The lowest BCUT2D eigenvalue weighted by Crippen LogP contribution is -2.24. The molecule has 2 aromatic rings. The summed E-state index contributed by atoms with van der Waals surface area (Å²) in [5.41, 5.74) is 5.54. The van der Waals surface area contributed by atoms with Gasteiger partial charge in [0.25, 0.3) is 0 Å². The van der Waals surface area contributed by atoms with Crippen molar-refractivity contribution in [1.82, 2.24) is 20.5 Å². The lowest BCUT2D eigenvalue weighted by atomic mass is 9.96. The molecule has 0 saturated heterocycles. The Hall–Kier alpha value is -1.81. The highest BCUT2D eigenvalue weighted by molar-refractivity contribution is 5.34. The molecule has 0 saturated carbocycles. The summed E-state index contributed by atoms with van der Waals surface area (Å²) in [5, 5.41) is 12.0. The van der Waals surface area contributed by atoms with Gasteiger partial charge in [-0.2, -0.15) is 10.2 Å². The summed E-state index contributed by atoms with van der Waals surface area (Å²) in [4.78, 5) is 4.31. The van der Waals surface area contributed by atoms with Crippen LogP contribution in [0.1, 0.15) is 48.0 Å². The SMILES string of the molecule is CCNC(c1cncc(C)c1)c1cc(C)nnc1CC. The van der Waals surface area contributed by atoms with Crippen LogP contribution < -0.4 is 5.32 Å². The number of aryl methyl sites for hydroxylation is 3. The monoisotopic (exact) mass is 270 g/mol. The van der Waals surface area contributed by atoms with E-state index >= 15 is 0 Å². The van der Waals surface area contributed by atoms with E-state index in [0.717, 1.165) is 24.4 Å². The minimum absolute atomic E-state index is 0.122. The van der Waals surface area contributed by atoms with Crippen molar-refractivity contribution in [2.45, 2.75) is 40.2 Å². The third-order valence-corrected chi connectivity index (χ3v) is 3.31. The van der Waals surface area contributed by atoms with Gasteiger partial charge in [-0.25, -0.2) is 0 Å². The summed E-state index contributed by atoms with van der Waals surface area (Å²) in [6.07, 6.45) is 4.68. The second kappa shape index (κ2) is 6.57. The average Bonchev–Trinajstić information content (AvgIpc) is 2.44. The highest BCUT2D eigenvalue weighted by atomic mass is 15.1. The molecule has 0 aromatic carbocycles. The Kier molecular flexibility index (Phi) is 4.79. The summed E-state index contributed by atoms with van der Waals surface area (Å²) in [5.74, 6) is 0. The standard InChI is InChI=1S/C16H22N4/c1-5-15-14(8-12(4)19-20-15)16(18-6-2)13-7-11(3)9-17-10-13/h7-10,16,18H,5-6H2,1-4H3. The topological polar surface area (TPSA) is 50.7 Å². The predicted molar refractivity (Wildman–Crippen MR) is 80.6 cm³/mol. The van der Waals surface area contributed by atoms with Crippen LogP contribution in [0.4, 0.5) is 0 Å². The van der Waals surface area contributed by atoms with Gasteiger partial charge in [0, 0.05) is 12.4 Å². The fourth-order valence-electron chi connectivity index (χ4n) is 2.41. The van der Waals surface area contributed by atoms with Gasteiger partial charge in [0.05, 0.1) is 17.4 Å². The van der Waals surface area contributed by atoms with Crippen molar-refractivity contribution in [3.63, 3.8) is 0 Å².